The van der Waals surface area contributed by atoms with Crippen LogP contribution in [-0.2, 0) is 4.79 Å². The molecule has 0 radical (unpaired) electrons. The molecule has 0 aromatic carbocycles. The number of hydrogen-bond acceptors (Lipinski definition) is 2. The summed E-state index contributed by atoms with van der Waals surface area (Å²) in [6.45, 7) is 1.89. The van der Waals surface area contributed by atoms with E-state index in [1.807, 2.05) is 5.01 Å². The normalized spacial score (nSPS) is 24.7. The highest BCUT2D eigenvalue weighted by molar-refractivity contribution is 5.76. The van der Waals surface area contributed by atoms with Crippen molar-refractivity contribution >= 4 is 5.91 Å². The molecule has 3 nitrogen and oxygen atoms in total. The number of carbonyl (C=O) groups is 1. The zero-order valence-electron chi connectivity index (χ0n) is 7.38. The zero-order chi connectivity index (χ0) is 8.39. The number of rotatable bonds is 3. The van der Waals surface area contributed by atoms with E-state index in [0.29, 0.717) is 0 Å². The minimum atomic E-state index is 0.280. The van der Waals surface area contributed by atoms with Crippen molar-refractivity contribution in [1.82, 2.24) is 10.4 Å². The van der Waals surface area contributed by atoms with Crippen molar-refractivity contribution in [3.8, 4) is 0 Å². The topological polar surface area (TPSA) is 32.3 Å². The molecule has 3 heteroatoms. The van der Waals surface area contributed by atoms with Crippen LogP contribution in [0.4, 0.5) is 0 Å². The van der Waals surface area contributed by atoms with Crippen molar-refractivity contribution in [2.75, 3.05) is 13.1 Å². The summed E-state index contributed by atoms with van der Waals surface area (Å²) in [5, 5.41) is 1.81. The summed E-state index contributed by atoms with van der Waals surface area (Å²) >= 11 is 0. The first-order valence-corrected chi connectivity index (χ1v) is 4.90. The van der Waals surface area contributed by atoms with Gasteiger partial charge in [-0.1, -0.05) is 12.8 Å². The highest BCUT2D eigenvalue weighted by atomic mass is 16.2. The van der Waals surface area contributed by atoms with Crippen LogP contribution in [-0.4, -0.2) is 24.0 Å². The molecule has 0 unspecified atom stereocenters. The van der Waals surface area contributed by atoms with Gasteiger partial charge in [0.2, 0.25) is 5.91 Å². The molecule has 12 heavy (non-hydrogen) atoms. The van der Waals surface area contributed by atoms with Crippen LogP contribution in [0.1, 0.15) is 32.1 Å². The number of amides is 1. The lowest BCUT2D eigenvalue weighted by molar-refractivity contribution is -0.137. The van der Waals surface area contributed by atoms with Crippen LogP contribution in [0.25, 0.3) is 0 Å². The Morgan fingerprint density at radius 2 is 2.33 bits per heavy atom. The van der Waals surface area contributed by atoms with E-state index in [4.69, 9.17) is 0 Å². The van der Waals surface area contributed by atoms with Crippen LogP contribution < -0.4 is 5.43 Å². The van der Waals surface area contributed by atoms with Gasteiger partial charge in [-0.05, 0) is 18.8 Å². The van der Waals surface area contributed by atoms with E-state index in [9.17, 15) is 4.79 Å². The summed E-state index contributed by atoms with van der Waals surface area (Å²) in [5.41, 5.74) is 3.14. The molecule has 1 aliphatic heterocycles. The van der Waals surface area contributed by atoms with Gasteiger partial charge in [-0.25, -0.2) is 5.43 Å². The van der Waals surface area contributed by atoms with Gasteiger partial charge in [0.1, 0.15) is 0 Å². The number of hydrogen-bond donors (Lipinski definition) is 1. The first-order chi connectivity index (χ1) is 5.86. The molecule has 1 saturated heterocycles. The second-order valence-corrected chi connectivity index (χ2v) is 3.79. The van der Waals surface area contributed by atoms with Gasteiger partial charge in [0.15, 0.2) is 0 Å². The molecule has 1 N–H and O–H groups in total. The average molecular weight is 168 g/mol. The van der Waals surface area contributed by atoms with Crippen LogP contribution in [0.3, 0.4) is 0 Å². The second-order valence-electron chi connectivity index (χ2n) is 3.79. The van der Waals surface area contributed by atoms with Crippen LogP contribution in [0.15, 0.2) is 0 Å². The molecule has 2 aliphatic rings. The van der Waals surface area contributed by atoms with Gasteiger partial charge in [-0.2, -0.15) is 0 Å². The molecule has 0 aromatic rings. The molecule has 2 rings (SSSR count). The molecule has 1 aliphatic carbocycles. The molecule has 0 spiro atoms. The van der Waals surface area contributed by atoms with Gasteiger partial charge < -0.3 is 0 Å². The quantitative estimate of drug-likeness (QED) is 0.679. The maximum atomic E-state index is 11.3. The van der Waals surface area contributed by atoms with Crippen LogP contribution in [0, 0.1) is 5.92 Å². The summed E-state index contributed by atoms with van der Waals surface area (Å²) in [5.74, 6) is 1.20. The SMILES string of the molecule is O=C1CCCNN1CCC1CC1. The Labute approximate surface area is 73.1 Å². The van der Waals surface area contributed by atoms with Gasteiger partial charge in [-0.15, -0.1) is 0 Å². The highest BCUT2D eigenvalue weighted by Crippen LogP contribution is 2.32. The molecule has 1 heterocycles. The lowest BCUT2D eigenvalue weighted by atomic mass is 10.2. The monoisotopic (exact) mass is 168 g/mol. The number of nitrogens with one attached hydrogen (secondary N) is 1. The maximum absolute atomic E-state index is 11.3. The fourth-order valence-electron chi connectivity index (χ4n) is 1.60. The largest absolute Gasteiger partial charge is 0.278 e. The fourth-order valence-corrected chi connectivity index (χ4v) is 1.60. The predicted molar refractivity (Wildman–Crippen MR) is 46.3 cm³/mol. The summed E-state index contributed by atoms with van der Waals surface area (Å²) in [4.78, 5) is 11.3. The molecule has 0 bridgehead atoms. The van der Waals surface area contributed by atoms with E-state index in [2.05, 4.69) is 5.43 Å². The van der Waals surface area contributed by atoms with Gasteiger partial charge in [0.25, 0.3) is 0 Å². The molecule has 1 amide bonds. The minimum Gasteiger partial charge on any atom is -0.278 e. The van der Waals surface area contributed by atoms with Crippen molar-refractivity contribution in [1.29, 1.82) is 0 Å². The molecular weight excluding hydrogens is 152 g/mol. The van der Waals surface area contributed by atoms with Crippen molar-refractivity contribution in [2.45, 2.75) is 32.1 Å². The molecule has 2 fully saturated rings. The van der Waals surface area contributed by atoms with Crippen LogP contribution in [0.5, 0.6) is 0 Å². The molecule has 0 aromatic heterocycles. The minimum absolute atomic E-state index is 0.280. The highest BCUT2D eigenvalue weighted by Gasteiger charge is 2.24. The number of hydrazine groups is 1. The first kappa shape index (κ1) is 8.05. The smallest absolute Gasteiger partial charge is 0.236 e. The predicted octanol–water partition coefficient (Wildman–Crippen LogP) is 0.913. The van der Waals surface area contributed by atoms with E-state index in [1.54, 1.807) is 0 Å². The van der Waals surface area contributed by atoms with Gasteiger partial charge in [0.05, 0.1) is 0 Å². The third kappa shape index (κ3) is 1.97. The average Bonchev–Trinajstić information content (AvgIpc) is 2.86. The fraction of sp³-hybridized carbons (Fsp3) is 0.889. The van der Waals surface area contributed by atoms with E-state index < -0.39 is 0 Å². The van der Waals surface area contributed by atoms with Crippen molar-refractivity contribution in [2.24, 2.45) is 5.92 Å². The lowest BCUT2D eigenvalue weighted by Gasteiger charge is -2.27. The van der Waals surface area contributed by atoms with Crippen LogP contribution in [0.2, 0.25) is 0 Å². The van der Waals surface area contributed by atoms with Crippen molar-refractivity contribution in [3.63, 3.8) is 0 Å². The van der Waals surface area contributed by atoms with Crippen LogP contribution >= 0.6 is 0 Å². The zero-order valence-corrected chi connectivity index (χ0v) is 7.38. The van der Waals surface area contributed by atoms with Gasteiger partial charge >= 0.3 is 0 Å². The van der Waals surface area contributed by atoms with E-state index in [-0.39, 0.29) is 5.91 Å². The maximum Gasteiger partial charge on any atom is 0.236 e. The summed E-state index contributed by atoms with van der Waals surface area (Å²) in [6, 6.07) is 0. The molecule has 68 valence electrons. The van der Waals surface area contributed by atoms with E-state index in [0.717, 1.165) is 31.8 Å². The van der Waals surface area contributed by atoms with Gasteiger partial charge in [0, 0.05) is 19.5 Å². The third-order valence-corrected chi connectivity index (χ3v) is 2.63. The molecular formula is C9H16N2O. The Balaban J connectivity index is 1.72. The molecule has 1 saturated carbocycles. The van der Waals surface area contributed by atoms with E-state index in [1.165, 1.54) is 19.3 Å². The van der Waals surface area contributed by atoms with Crippen molar-refractivity contribution < 1.29 is 4.79 Å². The van der Waals surface area contributed by atoms with Crippen molar-refractivity contribution in [3.05, 3.63) is 0 Å². The number of nitrogens with zero attached hydrogens (tertiary/aromatic N) is 1. The number of carbonyl (C=O) groups excluding carboxylic acids is 1. The Hall–Kier alpha value is -0.570. The Morgan fingerprint density at radius 1 is 1.50 bits per heavy atom. The third-order valence-electron chi connectivity index (χ3n) is 2.63. The lowest BCUT2D eigenvalue weighted by Crippen LogP contribution is -2.47. The Kier molecular flexibility index (Phi) is 2.30. The Bertz CT molecular complexity index is 177. The van der Waals surface area contributed by atoms with E-state index >= 15 is 0 Å². The standard InChI is InChI=1S/C9H16N2O/c12-9-2-1-6-10-11(9)7-5-8-3-4-8/h8,10H,1-7H2. The summed E-state index contributed by atoms with van der Waals surface area (Å²) < 4.78 is 0. The molecule has 0 atom stereocenters. The first-order valence-electron chi connectivity index (χ1n) is 4.90. The summed E-state index contributed by atoms with van der Waals surface area (Å²) in [7, 11) is 0. The summed E-state index contributed by atoms with van der Waals surface area (Å²) in [6.07, 6.45) is 5.68. The van der Waals surface area contributed by atoms with Gasteiger partial charge in [-0.3, -0.25) is 9.80 Å². The Morgan fingerprint density at radius 3 is 3.00 bits per heavy atom. The second kappa shape index (κ2) is 3.44.